The number of anilines is 2. The van der Waals surface area contributed by atoms with Crippen LogP contribution < -0.4 is 25.3 Å². The van der Waals surface area contributed by atoms with Crippen molar-refractivity contribution >= 4 is 34.3 Å². The zero-order valence-corrected chi connectivity index (χ0v) is 22.7. The Bertz CT molecular complexity index is 1470. The minimum atomic E-state index is -1.40. The molecule has 2 aromatic carbocycles. The Kier molecular flexibility index (Phi) is 7.71. The van der Waals surface area contributed by atoms with E-state index in [-0.39, 0.29) is 17.6 Å². The van der Waals surface area contributed by atoms with Gasteiger partial charge in [0.1, 0.15) is 22.7 Å². The second-order valence-corrected chi connectivity index (χ2v) is 10.4. The number of pyridine rings is 1. The standard InChI is InChI=1S/C28H33FN4O6/c1-28(2,3)39-27(37)30-15-18-23-17(25(34)19(26(35)36)16-31(23)4)14-20(29)24(18)33-12-10-32(11-13-33)21-8-6-7-9-22(21)38-5/h6-9,14,16H,10-13,15H2,1-5H3,(H,30,37)(H,35,36). The molecule has 11 heteroatoms. The van der Waals surface area contributed by atoms with Gasteiger partial charge < -0.3 is 34.3 Å². The molecule has 1 aromatic heterocycles. The van der Waals surface area contributed by atoms with Crippen molar-refractivity contribution in [3.05, 3.63) is 63.7 Å². The van der Waals surface area contributed by atoms with Gasteiger partial charge in [0.2, 0.25) is 5.43 Å². The highest BCUT2D eigenvalue weighted by atomic mass is 19.1. The van der Waals surface area contributed by atoms with Gasteiger partial charge >= 0.3 is 12.1 Å². The molecule has 0 saturated carbocycles. The summed E-state index contributed by atoms with van der Waals surface area (Å²) in [6, 6.07) is 8.77. The van der Waals surface area contributed by atoms with Crippen LogP contribution in [0.1, 0.15) is 36.7 Å². The van der Waals surface area contributed by atoms with Crippen LogP contribution in [0.2, 0.25) is 0 Å². The van der Waals surface area contributed by atoms with Gasteiger partial charge in [0.25, 0.3) is 0 Å². The quantitative estimate of drug-likeness (QED) is 0.486. The van der Waals surface area contributed by atoms with Crippen LogP contribution in [0, 0.1) is 5.82 Å². The van der Waals surface area contributed by atoms with Gasteiger partial charge in [-0.05, 0) is 39.0 Å². The molecule has 10 nitrogen and oxygen atoms in total. The number of nitrogens with one attached hydrogen (secondary N) is 1. The molecule has 208 valence electrons. The number of aromatic carboxylic acids is 1. The van der Waals surface area contributed by atoms with E-state index in [2.05, 4.69) is 10.2 Å². The zero-order valence-electron chi connectivity index (χ0n) is 22.7. The highest BCUT2D eigenvalue weighted by molar-refractivity contribution is 5.95. The lowest BCUT2D eigenvalue weighted by atomic mass is 10.0. The van der Waals surface area contributed by atoms with E-state index in [0.29, 0.717) is 37.3 Å². The Morgan fingerprint density at radius 3 is 2.36 bits per heavy atom. The molecule has 2 N–H and O–H groups in total. The molecule has 1 fully saturated rings. The van der Waals surface area contributed by atoms with E-state index < -0.39 is 34.5 Å². The number of rotatable bonds is 6. The minimum Gasteiger partial charge on any atom is -0.495 e. The van der Waals surface area contributed by atoms with Crippen molar-refractivity contribution in [3.8, 4) is 5.75 Å². The summed E-state index contributed by atoms with van der Waals surface area (Å²) in [7, 11) is 3.20. The number of ether oxygens (including phenoxy) is 2. The summed E-state index contributed by atoms with van der Waals surface area (Å²) in [6.07, 6.45) is 0.518. The number of aromatic nitrogens is 1. The molecule has 3 aromatic rings. The van der Waals surface area contributed by atoms with E-state index in [9.17, 15) is 19.5 Å². The maximum Gasteiger partial charge on any atom is 0.407 e. The summed E-state index contributed by atoms with van der Waals surface area (Å²) in [5.74, 6) is -1.33. The van der Waals surface area contributed by atoms with Gasteiger partial charge in [0, 0.05) is 50.4 Å². The van der Waals surface area contributed by atoms with Crippen molar-refractivity contribution < 1.29 is 28.6 Å². The molecule has 1 aliphatic heterocycles. The fourth-order valence-corrected chi connectivity index (χ4v) is 4.92. The molecular weight excluding hydrogens is 507 g/mol. The number of alkyl carbamates (subject to hydrolysis) is 1. The van der Waals surface area contributed by atoms with Gasteiger partial charge in [-0.2, -0.15) is 0 Å². The largest absolute Gasteiger partial charge is 0.495 e. The molecule has 2 heterocycles. The number of para-hydroxylation sites is 2. The van der Waals surface area contributed by atoms with Crippen molar-refractivity contribution in [2.45, 2.75) is 32.9 Å². The molecule has 1 aliphatic rings. The highest BCUT2D eigenvalue weighted by Crippen LogP contribution is 2.34. The first-order chi connectivity index (χ1) is 18.4. The number of carbonyl (C=O) groups is 2. The van der Waals surface area contributed by atoms with Gasteiger partial charge in [0.15, 0.2) is 0 Å². The first-order valence-electron chi connectivity index (χ1n) is 12.6. The van der Waals surface area contributed by atoms with Gasteiger partial charge in [0.05, 0.1) is 30.5 Å². The maximum atomic E-state index is 15.8. The predicted octanol–water partition coefficient (Wildman–Crippen LogP) is 3.74. The molecule has 0 spiro atoms. The fourth-order valence-electron chi connectivity index (χ4n) is 4.92. The van der Waals surface area contributed by atoms with Crippen molar-refractivity contribution in [2.24, 2.45) is 7.05 Å². The molecule has 1 amide bonds. The second-order valence-electron chi connectivity index (χ2n) is 10.4. The number of hydrogen-bond donors (Lipinski definition) is 2. The third-order valence-corrected chi connectivity index (χ3v) is 6.55. The summed E-state index contributed by atoms with van der Waals surface area (Å²) < 4.78 is 28.2. The maximum absolute atomic E-state index is 15.8. The number of piperazine rings is 1. The molecule has 0 unspecified atom stereocenters. The van der Waals surface area contributed by atoms with Crippen LogP contribution in [0.25, 0.3) is 10.9 Å². The number of carboxylic acids is 1. The average molecular weight is 541 g/mol. The number of hydrogen-bond acceptors (Lipinski definition) is 7. The van der Waals surface area contributed by atoms with E-state index in [4.69, 9.17) is 9.47 Å². The Morgan fingerprint density at radius 2 is 1.74 bits per heavy atom. The van der Waals surface area contributed by atoms with Crippen LogP contribution in [0.4, 0.5) is 20.6 Å². The smallest absolute Gasteiger partial charge is 0.407 e. The molecule has 0 atom stereocenters. The lowest BCUT2D eigenvalue weighted by Crippen LogP contribution is -2.47. The summed E-state index contributed by atoms with van der Waals surface area (Å²) >= 11 is 0. The summed E-state index contributed by atoms with van der Waals surface area (Å²) in [5, 5.41) is 12.1. The Balaban J connectivity index is 1.76. The monoisotopic (exact) mass is 540 g/mol. The number of amides is 1. The van der Waals surface area contributed by atoms with E-state index in [1.807, 2.05) is 29.2 Å². The first kappa shape index (κ1) is 27.7. The third-order valence-electron chi connectivity index (χ3n) is 6.55. The number of fused-ring (bicyclic) bond motifs is 1. The molecule has 0 aliphatic carbocycles. The number of nitrogens with zero attached hydrogens (tertiary/aromatic N) is 3. The normalized spacial score (nSPS) is 13.9. The molecule has 1 saturated heterocycles. The summed E-state index contributed by atoms with van der Waals surface area (Å²) in [4.78, 5) is 41.2. The number of benzene rings is 2. The fraction of sp³-hybridized carbons (Fsp3) is 0.393. The van der Waals surface area contributed by atoms with Gasteiger partial charge in [-0.25, -0.2) is 14.0 Å². The van der Waals surface area contributed by atoms with Crippen LogP contribution in [-0.2, 0) is 18.3 Å². The van der Waals surface area contributed by atoms with Crippen LogP contribution in [0.3, 0.4) is 0 Å². The number of aryl methyl sites for hydroxylation is 1. The first-order valence-corrected chi connectivity index (χ1v) is 12.6. The molecule has 4 rings (SSSR count). The second kappa shape index (κ2) is 10.8. The Hall–Kier alpha value is -4.28. The lowest BCUT2D eigenvalue weighted by Gasteiger charge is -2.39. The number of methoxy groups -OCH3 is 1. The van der Waals surface area contributed by atoms with Crippen LogP contribution in [0.15, 0.2) is 41.3 Å². The van der Waals surface area contributed by atoms with E-state index in [1.165, 1.54) is 10.8 Å². The van der Waals surface area contributed by atoms with Crippen molar-refractivity contribution in [2.75, 3.05) is 43.1 Å². The lowest BCUT2D eigenvalue weighted by molar-refractivity contribution is 0.0523. The van der Waals surface area contributed by atoms with E-state index in [1.54, 1.807) is 34.9 Å². The van der Waals surface area contributed by atoms with E-state index >= 15 is 4.39 Å². The van der Waals surface area contributed by atoms with E-state index in [0.717, 1.165) is 17.5 Å². The number of carboxylic acid groups (broad SMARTS) is 1. The minimum absolute atomic E-state index is 0.0766. The summed E-state index contributed by atoms with van der Waals surface area (Å²) in [5.41, 5.74) is -0.114. The van der Waals surface area contributed by atoms with Crippen molar-refractivity contribution in [1.82, 2.24) is 9.88 Å². The topological polar surface area (TPSA) is 113 Å². The molecular formula is C28H33FN4O6. The third kappa shape index (κ3) is 5.76. The van der Waals surface area contributed by atoms with Gasteiger partial charge in [-0.1, -0.05) is 12.1 Å². The zero-order chi connectivity index (χ0) is 28.5. The van der Waals surface area contributed by atoms with Gasteiger partial charge in [-0.3, -0.25) is 4.79 Å². The predicted molar refractivity (Wildman–Crippen MR) is 147 cm³/mol. The SMILES string of the molecule is COc1ccccc1N1CCN(c2c(F)cc3c(=O)c(C(=O)O)cn(C)c3c2CNC(=O)OC(C)(C)C)CC1. The molecule has 39 heavy (non-hydrogen) atoms. The Morgan fingerprint density at radius 1 is 1.10 bits per heavy atom. The van der Waals surface area contributed by atoms with Crippen LogP contribution in [-0.4, -0.2) is 60.6 Å². The van der Waals surface area contributed by atoms with Crippen LogP contribution in [0.5, 0.6) is 5.75 Å². The van der Waals surface area contributed by atoms with Crippen molar-refractivity contribution in [1.29, 1.82) is 0 Å². The Labute approximate surface area is 225 Å². The molecule has 0 radical (unpaired) electrons. The van der Waals surface area contributed by atoms with Crippen molar-refractivity contribution in [3.63, 3.8) is 0 Å². The van der Waals surface area contributed by atoms with Gasteiger partial charge in [-0.15, -0.1) is 0 Å². The highest BCUT2D eigenvalue weighted by Gasteiger charge is 2.28. The molecule has 0 bridgehead atoms. The van der Waals surface area contributed by atoms with Crippen LogP contribution >= 0.6 is 0 Å². The average Bonchev–Trinajstić information content (AvgIpc) is 2.88. The summed E-state index contributed by atoms with van der Waals surface area (Å²) in [6.45, 7) is 7.13. The number of carbonyl (C=O) groups excluding carboxylic acids is 1. The number of halogens is 1.